The van der Waals surface area contributed by atoms with Crippen molar-refractivity contribution < 1.29 is 23.1 Å². The zero-order valence-corrected chi connectivity index (χ0v) is 15.7. The topological polar surface area (TPSA) is 104 Å². The van der Waals surface area contributed by atoms with Gasteiger partial charge >= 0.3 is 5.97 Å². The van der Waals surface area contributed by atoms with Crippen LogP contribution in [0.15, 0.2) is 35.3 Å². The number of nitrogens with zero attached hydrogens (tertiary/aromatic N) is 2. The number of hydrogen-bond donors (Lipinski definition) is 1. The van der Waals surface area contributed by atoms with E-state index in [0.717, 1.165) is 5.56 Å². The summed E-state index contributed by atoms with van der Waals surface area (Å²) in [6, 6.07) is 9.45. The highest BCUT2D eigenvalue weighted by molar-refractivity contribution is 8.15. The molecular formula is C17H20N2O5S2. The van der Waals surface area contributed by atoms with Crippen LogP contribution in [0.1, 0.15) is 24.8 Å². The smallest absolute Gasteiger partial charge is 0.303 e. The number of thioether (sulfide) groups is 1. The number of amides is 1. The molecule has 7 nitrogen and oxygen atoms in total. The highest BCUT2D eigenvalue weighted by Gasteiger charge is 2.48. The van der Waals surface area contributed by atoms with E-state index < -0.39 is 15.8 Å². The summed E-state index contributed by atoms with van der Waals surface area (Å²) < 4.78 is 23.9. The molecule has 3 rings (SSSR count). The van der Waals surface area contributed by atoms with Crippen LogP contribution in [0.5, 0.6) is 0 Å². The van der Waals surface area contributed by atoms with E-state index in [1.807, 2.05) is 35.2 Å². The molecule has 2 fully saturated rings. The zero-order valence-electron chi connectivity index (χ0n) is 14.1. The number of aliphatic imine (C=N–C) groups is 1. The fraction of sp³-hybridized carbons (Fsp3) is 0.471. The Morgan fingerprint density at radius 1 is 1.19 bits per heavy atom. The molecule has 9 heteroatoms. The van der Waals surface area contributed by atoms with Crippen LogP contribution in [-0.4, -0.2) is 58.3 Å². The van der Waals surface area contributed by atoms with Crippen molar-refractivity contribution in [2.45, 2.75) is 37.1 Å². The Bertz CT molecular complexity index is 823. The van der Waals surface area contributed by atoms with Gasteiger partial charge in [-0.1, -0.05) is 42.1 Å². The number of benzene rings is 1. The minimum atomic E-state index is -3.07. The van der Waals surface area contributed by atoms with Crippen LogP contribution in [0, 0.1) is 0 Å². The highest BCUT2D eigenvalue weighted by Crippen LogP contribution is 2.39. The zero-order chi connectivity index (χ0) is 18.7. The van der Waals surface area contributed by atoms with E-state index in [4.69, 9.17) is 5.11 Å². The maximum atomic E-state index is 12.1. The van der Waals surface area contributed by atoms with E-state index in [9.17, 15) is 18.0 Å². The third-order valence-corrected chi connectivity index (χ3v) is 7.62. The predicted octanol–water partition coefficient (Wildman–Crippen LogP) is 1.54. The number of fused-ring (bicyclic) bond motifs is 1. The molecule has 0 saturated carbocycles. The Morgan fingerprint density at radius 3 is 2.62 bits per heavy atom. The number of carbonyl (C=O) groups excluding carboxylic acids is 1. The van der Waals surface area contributed by atoms with Gasteiger partial charge in [0.15, 0.2) is 15.0 Å². The fourth-order valence-electron chi connectivity index (χ4n) is 3.15. The molecule has 1 aromatic carbocycles. The van der Waals surface area contributed by atoms with Crippen molar-refractivity contribution in [3.63, 3.8) is 0 Å². The van der Waals surface area contributed by atoms with Gasteiger partial charge < -0.3 is 10.0 Å². The van der Waals surface area contributed by atoms with Gasteiger partial charge in [0, 0.05) is 24.6 Å². The quantitative estimate of drug-likeness (QED) is 0.778. The Hall–Kier alpha value is -1.87. The second kappa shape index (κ2) is 7.79. The first-order valence-electron chi connectivity index (χ1n) is 8.35. The van der Waals surface area contributed by atoms with Gasteiger partial charge in [-0.05, 0) is 12.0 Å². The van der Waals surface area contributed by atoms with E-state index in [1.54, 1.807) is 0 Å². The van der Waals surface area contributed by atoms with Crippen molar-refractivity contribution >= 4 is 38.6 Å². The average Bonchev–Trinajstić information content (AvgIpc) is 3.01. The Morgan fingerprint density at radius 2 is 1.92 bits per heavy atom. The maximum absolute atomic E-state index is 12.1. The summed E-state index contributed by atoms with van der Waals surface area (Å²) in [4.78, 5) is 28.7. The van der Waals surface area contributed by atoms with E-state index >= 15 is 0 Å². The van der Waals surface area contributed by atoms with Crippen molar-refractivity contribution in [3.05, 3.63) is 35.9 Å². The summed E-state index contributed by atoms with van der Waals surface area (Å²) in [6.07, 6.45) is 0.250. The van der Waals surface area contributed by atoms with Crippen LogP contribution >= 0.6 is 11.8 Å². The largest absolute Gasteiger partial charge is 0.481 e. The molecule has 2 heterocycles. The van der Waals surface area contributed by atoms with Gasteiger partial charge in [-0.25, -0.2) is 8.42 Å². The standard InChI is InChI=1S/C17H20N2O5S2/c20-15(7-4-8-16(21)22)18-17-19(9-12-5-2-1-3-6-12)13-10-26(23,24)11-14(13)25-17/h1-3,5-6,13-14H,4,7-11H2,(H,21,22)/t13-,14+/m0/s1. The normalized spacial score (nSPS) is 25.4. The number of rotatable bonds is 6. The molecule has 2 aliphatic rings. The van der Waals surface area contributed by atoms with Gasteiger partial charge in [-0.3, -0.25) is 9.59 Å². The molecule has 0 unspecified atom stereocenters. The molecule has 0 aliphatic carbocycles. The van der Waals surface area contributed by atoms with Crippen LogP contribution in [0.25, 0.3) is 0 Å². The minimum absolute atomic E-state index is 0.0685. The number of hydrogen-bond acceptors (Lipinski definition) is 5. The summed E-state index contributed by atoms with van der Waals surface area (Å²) in [5.41, 5.74) is 1.02. The molecule has 0 bridgehead atoms. The Kier molecular flexibility index (Phi) is 5.67. The van der Waals surface area contributed by atoms with E-state index in [2.05, 4.69) is 4.99 Å². The molecule has 2 aliphatic heterocycles. The van der Waals surface area contributed by atoms with Crippen LogP contribution in [0.4, 0.5) is 0 Å². The second-order valence-corrected chi connectivity index (χ2v) is 9.81. The molecular weight excluding hydrogens is 376 g/mol. The van der Waals surface area contributed by atoms with Gasteiger partial charge in [-0.2, -0.15) is 4.99 Å². The summed E-state index contributed by atoms with van der Waals surface area (Å²) in [5, 5.41) is 9.08. The maximum Gasteiger partial charge on any atom is 0.303 e. The van der Waals surface area contributed by atoms with Gasteiger partial charge in [-0.15, -0.1) is 0 Å². The summed E-state index contributed by atoms with van der Waals surface area (Å²) >= 11 is 1.34. The van der Waals surface area contributed by atoms with Crippen molar-refractivity contribution in [3.8, 4) is 0 Å². The number of amidine groups is 1. The van der Waals surface area contributed by atoms with Crippen molar-refractivity contribution in [1.29, 1.82) is 0 Å². The van der Waals surface area contributed by atoms with Crippen LogP contribution in [-0.2, 0) is 26.0 Å². The third kappa shape index (κ3) is 4.64. The first-order valence-corrected chi connectivity index (χ1v) is 11.0. The second-order valence-electron chi connectivity index (χ2n) is 6.45. The summed E-state index contributed by atoms with van der Waals surface area (Å²) in [6.45, 7) is 0.492. The summed E-state index contributed by atoms with van der Waals surface area (Å²) in [7, 11) is -3.07. The Labute approximate surface area is 156 Å². The summed E-state index contributed by atoms with van der Waals surface area (Å²) in [5.74, 6) is -1.13. The van der Waals surface area contributed by atoms with E-state index in [0.29, 0.717) is 11.7 Å². The number of aliphatic carboxylic acids is 1. The van der Waals surface area contributed by atoms with Crippen molar-refractivity contribution in [1.82, 2.24) is 4.90 Å². The van der Waals surface area contributed by atoms with Gasteiger partial charge in [0.2, 0.25) is 5.91 Å². The number of sulfone groups is 1. The van der Waals surface area contributed by atoms with Crippen LogP contribution in [0.2, 0.25) is 0 Å². The van der Waals surface area contributed by atoms with Crippen LogP contribution < -0.4 is 0 Å². The molecule has 0 spiro atoms. The molecule has 0 aromatic heterocycles. The first kappa shape index (κ1) is 18.9. The Balaban J connectivity index is 1.76. The van der Waals surface area contributed by atoms with E-state index in [-0.39, 0.29) is 48.0 Å². The molecule has 0 radical (unpaired) electrons. The highest BCUT2D eigenvalue weighted by atomic mass is 32.2. The lowest BCUT2D eigenvalue weighted by atomic mass is 10.1. The van der Waals surface area contributed by atoms with Gasteiger partial charge in [0.05, 0.1) is 17.5 Å². The number of carboxylic acid groups (broad SMARTS) is 1. The monoisotopic (exact) mass is 396 g/mol. The molecule has 2 saturated heterocycles. The molecule has 2 atom stereocenters. The molecule has 1 N–H and O–H groups in total. The fourth-order valence-corrected chi connectivity index (χ4v) is 7.12. The van der Waals surface area contributed by atoms with Gasteiger partial charge in [0.1, 0.15) is 0 Å². The van der Waals surface area contributed by atoms with Crippen molar-refractivity contribution in [2.75, 3.05) is 11.5 Å². The lowest BCUT2D eigenvalue weighted by molar-refractivity contribution is -0.137. The molecule has 140 valence electrons. The predicted molar refractivity (Wildman–Crippen MR) is 99.7 cm³/mol. The SMILES string of the molecule is O=C(O)CCCC(=O)N=C1S[C@@H]2CS(=O)(=O)C[C@@H]2N1Cc1ccccc1. The number of carbonyl (C=O) groups is 2. The average molecular weight is 396 g/mol. The minimum Gasteiger partial charge on any atom is -0.481 e. The molecule has 1 amide bonds. The van der Waals surface area contributed by atoms with Crippen LogP contribution in [0.3, 0.4) is 0 Å². The lowest BCUT2D eigenvalue weighted by Crippen LogP contribution is -2.37. The third-order valence-electron chi connectivity index (χ3n) is 4.37. The lowest BCUT2D eigenvalue weighted by Gasteiger charge is -2.24. The van der Waals surface area contributed by atoms with Gasteiger partial charge in [0.25, 0.3) is 0 Å². The molecule has 26 heavy (non-hydrogen) atoms. The molecule has 1 aromatic rings. The van der Waals surface area contributed by atoms with E-state index in [1.165, 1.54) is 11.8 Å². The first-order chi connectivity index (χ1) is 12.3. The van der Waals surface area contributed by atoms with Crippen molar-refractivity contribution in [2.24, 2.45) is 4.99 Å². The number of carboxylic acids is 1.